The summed E-state index contributed by atoms with van der Waals surface area (Å²) in [6.45, 7) is 0.224. The van der Waals surface area contributed by atoms with Crippen LogP contribution in [-0.4, -0.2) is 25.0 Å². The molecule has 22 heavy (non-hydrogen) atoms. The number of benzene rings is 2. The average molecular weight is 326 g/mol. The maximum Gasteiger partial charge on any atom is 0.254 e. The number of amides is 1. The molecule has 1 amide bonds. The predicted molar refractivity (Wildman–Crippen MR) is 80.2 cm³/mol. The zero-order valence-corrected chi connectivity index (χ0v) is 12.8. The summed E-state index contributed by atoms with van der Waals surface area (Å²) in [6, 6.07) is 8.12. The first-order valence-corrected chi connectivity index (χ1v) is 6.83. The van der Waals surface area contributed by atoms with Crippen LogP contribution in [0.2, 0.25) is 5.02 Å². The van der Waals surface area contributed by atoms with Gasteiger partial charge in [0.05, 0.1) is 7.11 Å². The van der Waals surface area contributed by atoms with E-state index in [0.717, 1.165) is 12.1 Å². The Labute approximate surface area is 132 Å². The van der Waals surface area contributed by atoms with Gasteiger partial charge in [-0.25, -0.2) is 8.78 Å². The van der Waals surface area contributed by atoms with Gasteiger partial charge in [0.1, 0.15) is 5.75 Å². The van der Waals surface area contributed by atoms with Crippen molar-refractivity contribution in [1.29, 1.82) is 0 Å². The summed E-state index contributed by atoms with van der Waals surface area (Å²) in [4.78, 5) is 13.6. The van der Waals surface area contributed by atoms with Crippen LogP contribution in [0, 0.1) is 11.6 Å². The van der Waals surface area contributed by atoms with Crippen LogP contribution in [0.5, 0.6) is 5.75 Å². The highest BCUT2D eigenvalue weighted by Crippen LogP contribution is 2.24. The molecule has 2 aromatic carbocycles. The molecule has 116 valence electrons. The van der Waals surface area contributed by atoms with Crippen molar-refractivity contribution in [2.75, 3.05) is 14.2 Å². The van der Waals surface area contributed by atoms with Crippen molar-refractivity contribution in [1.82, 2.24) is 4.90 Å². The number of nitrogens with zero attached hydrogens (tertiary/aromatic N) is 1. The number of rotatable bonds is 4. The Hall–Kier alpha value is -2.14. The minimum absolute atomic E-state index is 0.0717. The molecule has 0 aliphatic carbocycles. The zero-order valence-electron chi connectivity index (χ0n) is 12.1. The summed E-state index contributed by atoms with van der Waals surface area (Å²) >= 11 is 5.94. The van der Waals surface area contributed by atoms with Gasteiger partial charge in [-0.1, -0.05) is 11.6 Å². The first kappa shape index (κ1) is 16.2. The van der Waals surface area contributed by atoms with E-state index < -0.39 is 17.5 Å². The molecular formula is C16H14ClF2NO2. The molecule has 0 N–H and O–H groups in total. The molecule has 2 rings (SSSR count). The largest absolute Gasteiger partial charge is 0.496 e. The van der Waals surface area contributed by atoms with Gasteiger partial charge >= 0.3 is 0 Å². The fourth-order valence-electron chi connectivity index (χ4n) is 2.05. The summed E-state index contributed by atoms with van der Waals surface area (Å²) < 4.78 is 31.4. The van der Waals surface area contributed by atoms with E-state index in [4.69, 9.17) is 16.3 Å². The van der Waals surface area contributed by atoms with Crippen molar-refractivity contribution in [3.63, 3.8) is 0 Å². The molecule has 3 nitrogen and oxygen atoms in total. The lowest BCUT2D eigenvalue weighted by Gasteiger charge is -2.19. The number of hydrogen-bond donors (Lipinski definition) is 0. The fourth-order valence-corrected chi connectivity index (χ4v) is 2.24. The van der Waals surface area contributed by atoms with E-state index in [2.05, 4.69) is 0 Å². The van der Waals surface area contributed by atoms with E-state index >= 15 is 0 Å². The first-order chi connectivity index (χ1) is 10.4. The van der Waals surface area contributed by atoms with E-state index in [-0.39, 0.29) is 12.1 Å². The van der Waals surface area contributed by atoms with Crippen LogP contribution in [0.4, 0.5) is 8.78 Å². The standard InChI is InChI=1S/C16H14ClF2NO2/c1-20(9-11-7-12(17)4-6-15(11)22-2)16(21)10-3-5-13(18)14(19)8-10/h3-8H,9H2,1-2H3. The third-order valence-electron chi connectivity index (χ3n) is 3.16. The van der Waals surface area contributed by atoms with Gasteiger partial charge in [-0.2, -0.15) is 0 Å². The molecule has 0 saturated carbocycles. The Morgan fingerprint density at radius 2 is 1.91 bits per heavy atom. The van der Waals surface area contributed by atoms with E-state index in [9.17, 15) is 13.6 Å². The highest BCUT2D eigenvalue weighted by molar-refractivity contribution is 6.30. The number of methoxy groups -OCH3 is 1. The lowest BCUT2D eigenvalue weighted by atomic mass is 10.1. The Morgan fingerprint density at radius 3 is 2.55 bits per heavy atom. The van der Waals surface area contributed by atoms with Crippen LogP contribution in [0.25, 0.3) is 0 Å². The smallest absolute Gasteiger partial charge is 0.254 e. The van der Waals surface area contributed by atoms with Crippen LogP contribution < -0.4 is 4.74 Å². The van der Waals surface area contributed by atoms with Crippen LogP contribution >= 0.6 is 11.6 Å². The van der Waals surface area contributed by atoms with Crippen molar-refractivity contribution in [3.05, 3.63) is 64.2 Å². The highest BCUT2D eigenvalue weighted by atomic mass is 35.5. The van der Waals surface area contributed by atoms with E-state index in [1.54, 1.807) is 25.2 Å². The number of carbonyl (C=O) groups excluding carboxylic acids is 1. The Bertz CT molecular complexity index is 707. The van der Waals surface area contributed by atoms with Crippen molar-refractivity contribution in [2.45, 2.75) is 6.54 Å². The van der Waals surface area contributed by atoms with Crippen LogP contribution in [0.1, 0.15) is 15.9 Å². The number of carbonyl (C=O) groups is 1. The van der Waals surface area contributed by atoms with E-state index in [1.165, 1.54) is 18.1 Å². The maximum absolute atomic E-state index is 13.2. The molecular weight excluding hydrogens is 312 g/mol. The molecule has 0 spiro atoms. The molecule has 2 aromatic rings. The van der Waals surface area contributed by atoms with Crippen LogP contribution in [-0.2, 0) is 6.54 Å². The quantitative estimate of drug-likeness (QED) is 0.853. The molecule has 0 bridgehead atoms. The summed E-state index contributed by atoms with van der Waals surface area (Å²) in [5, 5.41) is 0.518. The van der Waals surface area contributed by atoms with Gasteiger partial charge in [0.15, 0.2) is 11.6 Å². The Kier molecular flexibility index (Phi) is 4.98. The predicted octanol–water partition coefficient (Wildman–Crippen LogP) is 3.90. The number of ether oxygens (including phenoxy) is 1. The molecule has 0 heterocycles. The van der Waals surface area contributed by atoms with Gasteiger partial charge in [0, 0.05) is 29.7 Å². The lowest BCUT2D eigenvalue weighted by molar-refractivity contribution is 0.0783. The monoisotopic (exact) mass is 325 g/mol. The van der Waals surface area contributed by atoms with Gasteiger partial charge in [0.2, 0.25) is 0 Å². The van der Waals surface area contributed by atoms with E-state index in [1.807, 2.05) is 0 Å². The normalized spacial score (nSPS) is 10.4. The molecule has 0 unspecified atom stereocenters. The molecule has 0 fully saturated rings. The average Bonchev–Trinajstić information content (AvgIpc) is 2.49. The topological polar surface area (TPSA) is 29.5 Å². The van der Waals surface area contributed by atoms with Crippen molar-refractivity contribution in [3.8, 4) is 5.75 Å². The molecule has 0 atom stereocenters. The SMILES string of the molecule is COc1ccc(Cl)cc1CN(C)C(=O)c1ccc(F)c(F)c1. The second-order valence-corrected chi connectivity index (χ2v) is 5.18. The third kappa shape index (κ3) is 3.54. The summed E-state index contributed by atoms with van der Waals surface area (Å²) in [7, 11) is 3.08. The highest BCUT2D eigenvalue weighted by Gasteiger charge is 2.16. The van der Waals surface area contributed by atoms with Crippen LogP contribution in [0.3, 0.4) is 0 Å². The molecule has 0 aliphatic rings. The Balaban J connectivity index is 2.21. The minimum atomic E-state index is -1.06. The summed E-state index contributed by atoms with van der Waals surface area (Å²) in [6.07, 6.45) is 0. The van der Waals surface area contributed by atoms with Crippen LogP contribution in [0.15, 0.2) is 36.4 Å². The number of hydrogen-bond acceptors (Lipinski definition) is 2. The van der Waals surface area contributed by atoms with Crippen molar-refractivity contribution in [2.24, 2.45) is 0 Å². The molecule has 0 aliphatic heterocycles. The summed E-state index contributed by atoms with van der Waals surface area (Å²) in [5.74, 6) is -1.88. The van der Waals surface area contributed by atoms with Crippen molar-refractivity contribution >= 4 is 17.5 Å². The zero-order chi connectivity index (χ0) is 16.3. The van der Waals surface area contributed by atoms with Gasteiger partial charge < -0.3 is 9.64 Å². The third-order valence-corrected chi connectivity index (χ3v) is 3.40. The second kappa shape index (κ2) is 6.75. The first-order valence-electron chi connectivity index (χ1n) is 6.45. The van der Waals surface area contributed by atoms with E-state index in [0.29, 0.717) is 16.3 Å². The minimum Gasteiger partial charge on any atom is -0.496 e. The maximum atomic E-state index is 13.2. The van der Waals surface area contributed by atoms with Gasteiger partial charge in [0.25, 0.3) is 5.91 Å². The Morgan fingerprint density at radius 1 is 1.18 bits per heavy atom. The van der Waals surface area contributed by atoms with Gasteiger partial charge in [-0.3, -0.25) is 4.79 Å². The van der Waals surface area contributed by atoms with Gasteiger partial charge in [-0.05, 0) is 36.4 Å². The van der Waals surface area contributed by atoms with Gasteiger partial charge in [-0.15, -0.1) is 0 Å². The lowest BCUT2D eigenvalue weighted by Crippen LogP contribution is -2.26. The fraction of sp³-hybridized carbons (Fsp3) is 0.188. The molecule has 0 radical (unpaired) electrons. The molecule has 0 aromatic heterocycles. The summed E-state index contributed by atoms with van der Waals surface area (Å²) in [5.41, 5.74) is 0.788. The molecule has 6 heteroatoms. The molecule has 0 saturated heterocycles. The number of halogens is 3. The van der Waals surface area contributed by atoms with Crippen molar-refractivity contribution < 1.29 is 18.3 Å². The second-order valence-electron chi connectivity index (χ2n) is 4.75.